The Labute approximate surface area is 173 Å². The van der Waals surface area contributed by atoms with Gasteiger partial charge in [0, 0.05) is 11.2 Å². The van der Waals surface area contributed by atoms with Crippen LogP contribution in [0.3, 0.4) is 0 Å². The molecule has 1 aliphatic carbocycles. The molecule has 0 saturated carbocycles. The molecule has 3 nitrogen and oxygen atoms in total. The zero-order valence-corrected chi connectivity index (χ0v) is 17.7. The van der Waals surface area contributed by atoms with Crippen molar-refractivity contribution in [3.8, 4) is 11.5 Å². The zero-order chi connectivity index (χ0) is 18.6. The Balaban J connectivity index is 0.00000261. The highest BCUT2D eigenvalue weighted by molar-refractivity contribution is 8.00. The molecule has 0 bridgehead atoms. The predicted octanol–water partition coefficient (Wildman–Crippen LogP) is 0.801. The molecule has 0 amide bonds. The second kappa shape index (κ2) is 9.72. The molecule has 4 N–H and O–H groups in total. The molecule has 148 valence electrons. The number of fused-ring (bicyclic) bond motifs is 1. The first-order chi connectivity index (χ1) is 12.6. The van der Waals surface area contributed by atoms with Crippen molar-refractivity contribution in [2.75, 3.05) is 12.4 Å². The maximum absolute atomic E-state index is 10.0. The fourth-order valence-corrected chi connectivity index (χ4v) is 5.60. The Morgan fingerprint density at radius 1 is 1.15 bits per heavy atom. The molecule has 5 heteroatoms. The minimum Gasteiger partial charge on any atom is -1.00 e. The molecule has 2 aromatic carbocycles. The van der Waals surface area contributed by atoms with Crippen LogP contribution in [0.2, 0.25) is 0 Å². The molecule has 27 heavy (non-hydrogen) atoms. The van der Waals surface area contributed by atoms with Crippen LogP contribution in [-0.4, -0.2) is 28.8 Å². The van der Waals surface area contributed by atoms with Crippen LogP contribution >= 0.6 is 11.8 Å². The molecule has 0 aliphatic heterocycles. The minimum atomic E-state index is 0. The van der Waals surface area contributed by atoms with Crippen LogP contribution in [0, 0.1) is 0 Å². The van der Waals surface area contributed by atoms with Crippen molar-refractivity contribution in [1.82, 2.24) is 0 Å². The van der Waals surface area contributed by atoms with E-state index in [0.717, 1.165) is 30.8 Å². The number of hydrogen-bond acceptors (Lipinski definition) is 3. The van der Waals surface area contributed by atoms with Crippen molar-refractivity contribution in [2.24, 2.45) is 0 Å². The van der Waals surface area contributed by atoms with Crippen molar-refractivity contribution >= 4 is 11.8 Å². The average molecular weight is 408 g/mol. The second-order valence-electron chi connectivity index (χ2n) is 7.09. The topological polar surface area (TPSA) is 57.1 Å². The highest BCUT2D eigenvalue weighted by atomic mass is 35.5. The van der Waals surface area contributed by atoms with Crippen LogP contribution in [0.5, 0.6) is 11.5 Å². The third-order valence-electron chi connectivity index (χ3n) is 5.90. The van der Waals surface area contributed by atoms with Crippen LogP contribution < -0.4 is 22.9 Å². The van der Waals surface area contributed by atoms with Crippen molar-refractivity contribution in [3.05, 3.63) is 59.7 Å². The zero-order valence-electron chi connectivity index (χ0n) is 16.2. The van der Waals surface area contributed by atoms with E-state index >= 15 is 0 Å². The van der Waals surface area contributed by atoms with Gasteiger partial charge in [-0.3, -0.25) is 0 Å². The molecule has 1 aliphatic rings. The van der Waals surface area contributed by atoms with Gasteiger partial charge in [0.25, 0.3) is 0 Å². The first kappa shape index (κ1) is 21.9. The maximum Gasteiger partial charge on any atom is 0.119 e. The van der Waals surface area contributed by atoms with E-state index in [2.05, 4.69) is 25.6 Å². The summed E-state index contributed by atoms with van der Waals surface area (Å²) >= 11 is 1.98. The summed E-state index contributed by atoms with van der Waals surface area (Å²) in [4.78, 5) is 0. The number of hydrogen-bond donors (Lipinski definition) is 2. The normalized spacial score (nSPS) is 20.4. The average Bonchev–Trinajstić information content (AvgIpc) is 2.67. The summed E-state index contributed by atoms with van der Waals surface area (Å²) in [5.41, 5.74) is 7.32. The van der Waals surface area contributed by atoms with Crippen LogP contribution in [-0.2, 0) is 11.8 Å². The number of benzene rings is 2. The lowest BCUT2D eigenvalue weighted by molar-refractivity contribution is -0.439. The highest BCUT2D eigenvalue weighted by Crippen LogP contribution is 2.45. The summed E-state index contributed by atoms with van der Waals surface area (Å²) in [7, 11) is 0. The summed E-state index contributed by atoms with van der Waals surface area (Å²) in [5.74, 6) is 2.26. The van der Waals surface area contributed by atoms with Gasteiger partial charge in [0.2, 0.25) is 0 Å². The number of phenols is 1. The van der Waals surface area contributed by atoms with Crippen LogP contribution in [0.4, 0.5) is 0 Å². The van der Waals surface area contributed by atoms with Gasteiger partial charge in [-0.25, -0.2) is 0 Å². The van der Waals surface area contributed by atoms with Crippen molar-refractivity contribution in [2.45, 2.75) is 49.8 Å². The lowest BCUT2D eigenvalue weighted by atomic mass is 9.63. The van der Waals surface area contributed by atoms with Crippen molar-refractivity contribution in [3.63, 3.8) is 0 Å². The van der Waals surface area contributed by atoms with Crippen LogP contribution in [0.1, 0.15) is 37.8 Å². The van der Waals surface area contributed by atoms with E-state index in [0.29, 0.717) is 23.6 Å². The van der Waals surface area contributed by atoms with Crippen LogP contribution in [0.15, 0.2) is 48.5 Å². The summed E-state index contributed by atoms with van der Waals surface area (Å²) in [6.07, 6.45) is 3.11. The fourth-order valence-electron chi connectivity index (χ4n) is 4.33. The Morgan fingerprint density at radius 3 is 2.52 bits per heavy atom. The molecular weight excluding hydrogens is 378 g/mol. The van der Waals surface area contributed by atoms with E-state index < -0.39 is 0 Å². The molecule has 0 heterocycles. The van der Waals surface area contributed by atoms with Gasteiger partial charge in [-0.15, -0.1) is 11.8 Å². The van der Waals surface area contributed by atoms with Gasteiger partial charge in [0.1, 0.15) is 17.5 Å². The van der Waals surface area contributed by atoms with E-state index in [1.165, 1.54) is 11.1 Å². The van der Waals surface area contributed by atoms with Crippen molar-refractivity contribution < 1.29 is 28.0 Å². The number of para-hydroxylation sites is 1. The minimum absolute atomic E-state index is 0. The molecule has 0 saturated heterocycles. The molecule has 0 spiro atoms. The van der Waals surface area contributed by atoms with E-state index in [1.54, 1.807) is 0 Å². The number of thioether (sulfide) groups is 1. The van der Waals surface area contributed by atoms with E-state index in [9.17, 15) is 5.11 Å². The molecule has 3 rings (SSSR count). The van der Waals surface area contributed by atoms with Gasteiger partial charge in [-0.1, -0.05) is 38.1 Å². The monoisotopic (exact) mass is 407 g/mol. The third kappa shape index (κ3) is 4.56. The molecule has 2 atom stereocenters. The Hall–Kier alpha value is -1.36. The number of aromatic hydroxyl groups is 1. The first-order valence-electron chi connectivity index (χ1n) is 9.55. The smallest absolute Gasteiger partial charge is 0.119 e. The number of phenolic OH excluding ortho intramolecular Hbond substituents is 1. The standard InChI is InChI=1S/C22H29NO2S.ClH/c1-3-22(4-2)19-15-17(24)11-10-16(19)14-20(21(22)23)26-13-12-25-18-8-6-5-7-9-18;/h5-11,15,20-21,24H,3-4,12-14,23H2,1-2H3;1H. The summed E-state index contributed by atoms with van der Waals surface area (Å²) in [6, 6.07) is 16.2. The third-order valence-corrected chi connectivity index (χ3v) is 7.22. The Morgan fingerprint density at radius 2 is 1.85 bits per heavy atom. The van der Waals surface area contributed by atoms with Gasteiger partial charge in [-0.05, 0) is 54.7 Å². The summed E-state index contributed by atoms with van der Waals surface area (Å²) in [6.45, 7) is 5.22. The maximum atomic E-state index is 10.0. The summed E-state index contributed by atoms with van der Waals surface area (Å²) in [5, 5.41) is 10.5. The van der Waals surface area contributed by atoms with Gasteiger partial charge >= 0.3 is 0 Å². The number of halogens is 1. The summed E-state index contributed by atoms with van der Waals surface area (Å²) < 4.78 is 5.85. The fraction of sp³-hybridized carbons (Fsp3) is 0.455. The molecule has 0 aromatic heterocycles. The molecule has 2 unspecified atom stereocenters. The van der Waals surface area contributed by atoms with Gasteiger partial charge in [-0.2, -0.15) is 0 Å². The Bertz CT molecular complexity index is 722. The lowest BCUT2D eigenvalue weighted by Crippen LogP contribution is -3.00. The largest absolute Gasteiger partial charge is 1.00 e. The molecule has 2 aromatic rings. The molecule has 0 radical (unpaired) electrons. The molecule has 0 fully saturated rings. The van der Waals surface area contributed by atoms with E-state index in [4.69, 9.17) is 4.74 Å². The quantitative estimate of drug-likeness (QED) is 0.667. The van der Waals surface area contributed by atoms with E-state index in [-0.39, 0.29) is 17.8 Å². The van der Waals surface area contributed by atoms with Gasteiger partial charge in [0.05, 0.1) is 11.9 Å². The lowest BCUT2D eigenvalue weighted by Gasteiger charge is -2.44. The van der Waals surface area contributed by atoms with Crippen LogP contribution in [0.25, 0.3) is 0 Å². The first-order valence-corrected chi connectivity index (χ1v) is 10.6. The van der Waals surface area contributed by atoms with E-state index in [1.807, 2.05) is 54.2 Å². The SMILES string of the molecule is CCC1(CC)c2cc(O)ccc2CC(SCCOc2ccccc2)C1[NH3+].[Cl-]. The number of rotatable bonds is 7. The number of quaternary nitrogens is 1. The predicted molar refractivity (Wildman–Crippen MR) is 109 cm³/mol. The highest BCUT2D eigenvalue weighted by Gasteiger charge is 2.47. The molecular formula is C22H30ClNO2S. The Kier molecular flexibility index (Phi) is 7.90. The number of ether oxygens (including phenoxy) is 1. The van der Waals surface area contributed by atoms with Gasteiger partial charge < -0.3 is 28.0 Å². The second-order valence-corrected chi connectivity index (χ2v) is 8.43. The van der Waals surface area contributed by atoms with Crippen molar-refractivity contribution in [1.29, 1.82) is 0 Å². The van der Waals surface area contributed by atoms with Gasteiger partial charge in [0.15, 0.2) is 0 Å².